The monoisotopic (exact) mass is 264 g/mol. The van der Waals surface area contributed by atoms with Crippen LogP contribution in [0.3, 0.4) is 0 Å². The first-order valence-corrected chi connectivity index (χ1v) is 7.14. The summed E-state index contributed by atoms with van der Waals surface area (Å²) in [6.07, 6.45) is 4.23. The second-order valence-electron chi connectivity index (χ2n) is 5.44. The van der Waals surface area contributed by atoms with Crippen LogP contribution in [0.25, 0.3) is 0 Å². The Hall–Kier alpha value is -1.29. The molecular formula is C15H24N2O2. The molecule has 0 aliphatic carbocycles. The van der Waals surface area contributed by atoms with Gasteiger partial charge in [-0.15, -0.1) is 0 Å². The highest BCUT2D eigenvalue weighted by molar-refractivity contribution is 5.97. The Labute approximate surface area is 114 Å². The fraction of sp³-hybridized carbons (Fsp3) is 0.667. The SMILES string of the molecule is Cc1oc(C)c(C(=O)N2CCCCC2CCN)c1C. The van der Waals surface area contributed by atoms with Gasteiger partial charge in [0.15, 0.2) is 0 Å². The maximum atomic E-state index is 12.8. The summed E-state index contributed by atoms with van der Waals surface area (Å²) in [7, 11) is 0. The van der Waals surface area contributed by atoms with Crippen LogP contribution in [0.15, 0.2) is 4.42 Å². The molecule has 2 N–H and O–H groups in total. The molecule has 106 valence electrons. The number of furan rings is 1. The van der Waals surface area contributed by atoms with Gasteiger partial charge >= 0.3 is 0 Å². The second kappa shape index (κ2) is 5.78. The first-order chi connectivity index (χ1) is 9.06. The van der Waals surface area contributed by atoms with E-state index in [1.165, 1.54) is 6.42 Å². The van der Waals surface area contributed by atoms with E-state index in [-0.39, 0.29) is 5.91 Å². The van der Waals surface area contributed by atoms with Gasteiger partial charge in [0.1, 0.15) is 11.5 Å². The molecule has 0 saturated carbocycles. The molecule has 0 radical (unpaired) electrons. The van der Waals surface area contributed by atoms with Gasteiger partial charge in [-0.3, -0.25) is 4.79 Å². The molecule has 0 spiro atoms. The van der Waals surface area contributed by atoms with Crippen LogP contribution >= 0.6 is 0 Å². The third-order valence-electron chi connectivity index (χ3n) is 4.16. The molecule has 1 aromatic rings. The molecule has 0 bridgehead atoms. The topological polar surface area (TPSA) is 59.5 Å². The van der Waals surface area contributed by atoms with Gasteiger partial charge in [-0.25, -0.2) is 0 Å². The molecule has 4 heteroatoms. The summed E-state index contributed by atoms with van der Waals surface area (Å²) in [6, 6.07) is 0.292. The Morgan fingerprint density at radius 2 is 2.05 bits per heavy atom. The molecule has 0 aromatic carbocycles. The van der Waals surface area contributed by atoms with Crippen LogP contribution in [0.5, 0.6) is 0 Å². The van der Waals surface area contributed by atoms with Crippen LogP contribution in [-0.2, 0) is 0 Å². The zero-order chi connectivity index (χ0) is 14.0. The van der Waals surface area contributed by atoms with Crippen LogP contribution in [0, 0.1) is 20.8 Å². The first kappa shape index (κ1) is 14.1. The Morgan fingerprint density at radius 1 is 1.32 bits per heavy atom. The van der Waals surface area contributed by atoms with E-state index >= 15 is 0 Å². The Morgan fingerprint density at radius 3 is 2.63 bits per heavy atom. The number of aryl methyl sites for hydroxylation is 2. The number of nitrogens with two attached hydrogens (primary N) is 1. The van der Waals surface area contributed by atoms with E-state index in [0.717, 1.165) is 48.5 Å². The predicted octanol–water partition coefficient (Wildman–Crippen LogP) is 2.55. The quantitative estimate of drug-likeness (QED) is 0.912. The van der Waals surface area contributed by atoms with Crippen molar-refractivity contribution in [3.05, 3.63) is 22.6 Å². The van der Waals surface area contributed by atoms with Gasteiger partial charge in [0.25, 0.3) is 5.91 Å². The Bertz CT molecular complexity index is 463. The highest BCUT2D eigenvalue weighted by Gasteiger charge is 2.30. The zero-order valence-corrected chi connectivity index (χ0v) is 12.2. The average molecular weight is 264 g/mol. The predicted molar refractivity (Wildman–Crippen MR) is 75.3 cm³/mol. The van der Waals surface area contributed by atoms with Gasteiger partial charge in [0, 0.05) is 18.2 Å². The lowest BCUT2D eigenvalue weighted by molar-refractivity contribution is 0.0602. The molecule has 19 heavy (non-hydrogen) atoms. The normalized spacial score (nSPS) is 19.8. The minimum Gasteiger partial charge on any atom is -0.466 e. The number of carbonyl (C=O) groups excluding carboxylic acids is 1. The number of nitrogens with zero attached hydrogens (tertiary/aromatic N) is 1. The average Bonchev–Trinajstić information content (AvgIpc) is 2.64. The lowest BCUT2D eigenvalue weighted by atomic mass is 9.97. The van der Waals surface area contributed by atoms with Crippen molar-refractivity contribution in [2.45, 2.75) is 52.5 Å². The number of likely N-dealkylation sites (tertiary alicyclic amines) is 1. The summed E-state index contributed by atoms with van der Waals surface area (Å²) in [4.78, 5) is 14.8. The minimum absolute atomic E-state index is 0.116. The van der Waals surface area contributed by atoms with Crippen LogP contribution in [0.1, 0.15) is 53.1 Å². The van der Waals surface area contributed by atoms with Gasteiger partial charge in [0.2, 0.25) is 0 Å². The molecule has 1 unspecified atom stereocenters. The van der Waals surface area contributed by atoms with Gasteiger partial charge < -0.3 is 15.1 Å². The maximum Gasteiger partial charge on any atom is 0.257 e. The van der Waals surface area contributed by atoms with Crippen molar-refractivity contribution in [3.63, 3.8) is 0 Å². The molecule has 1 atom stereocenters. The molecule has 4 nitrogen and oxygen atoms in total. The molecule has 1 fully saturated rings. The van der Waals surface area contributed by atoms with Gasteiger partial charge in [-0.1, -0.05) is 0 Å². The van der Waals surface area contributed by atoms with Crippen molar-refractivity contribution in [3.8, 4) is 0 Å². The molecular weight excluding hydrogens is 240 g/mol. The van der Waals surface area contributed by atoms with E-state index in [1.807, 2.05) is 25.7 Å². The molecule has 1 amide bonds. The Balaban J connectivity index is 2.26. The van der Waals surface area contributed by atoms with Crippen molar-refractivity contribution in [1.29, 1.82) is 0 Å². The summed E-state index contributed by atoms with van der Waals surface area (Å²) in [6.45, 7) is 7.21. The van der Waals surface area contributed by atoms with Crippen molar-refractivity contribution in [2.24, 2.45) is 5.73 Å². The Kier molecular flexibility index (Phi) is 4.30. The molecule has 1 aliphatic heterocycles. The maximum absolute atomic E-state index is 12.8. The van der Waals surface area contributed by atoms with Crippen molar-refractivity contribution < 1.29 is 9.21 Å². The summed E-state index contributed by atoms with van der Waals surface area (Å²) in [5.41, 5.74) is 7.39. The number of hydrogen-bond acceptors (Lipinski definition) is 3. The summed E-state index contributed by atoms with van der Waals surface area (Å²) in [5.74, 6) is 1.69. The second-order valence-corrected chi connectivity index (χ2v) is 5.44. The summed E-state index contributed by atoms with van der Waals surface area (Å²) >= 11 is 0. The molecule has 1 aromatic heterocycles. The zero-order valence-electron chi connectivity index (χ0n) is 12.2. The molecule has 2 rings (SSSR count). The van der Waals surface area contributed by atoms with E-state index in [9.17, 15) is 4.79 Å². The van der Waals surface area contributed by atoms with Crippen LogP contribution in [0.4, 0.5) is 0 Å². The standard InChI is InChI=1S/C15H24N2O2/c1-10-11(2)19-12(3)14(10)15(18)17-9-5-4-6-13(17)7-8-16/h13H,4-9,16H2,1-3H3. The minimum atomic E-state index is 0.116. The van der Waals surface area contributed by atoms with Crippen LogP contribution in [-0.4, -0.2) is 29.9 Å². The number of amides is 1. The number of carbonyl (C=O) groups is 1. The summed E-state index contributed by atoms with van der Waals surface area (Å²) in [5, 5.41) is 0. The van der Waals surface area contributed by atoms with Crippen LogP contribution in [0.2, 0.25) is 0 Å². The lowest BCUT2D eigenvalue weighted by Crippen LogP contribution is -2.44. The van der Waals surface area contributed by atoms with E-state index < -0.39 is 0 Å². The molecule has 1 saturated heterocycles. The van der Waals surface area contributed by atoms with Crippen molar-refractivity contribution in [2.75, 3.05) is 13.1 Å². The fourth-order valence-corrected chi connectivity index (χ4v) is 3.01. The first-order valence-electron chi connectivity index (χ1n) is 7.14. The largest absolute Gasteiger partial charge is 0.466 e. The number of piperidine rings is 1. The molecule has 2 heterocycles. The van der Waals surface area contributed by atoms with Crippen LogP contribution < -0.4 is 5.73 Å². The smallest absolute Gasteiger partial charge is 0.257 e. The third-order valence-corrected chi connectivity index (χ3v) is 4.16. The third kappa shape index (κ3) is 2.68. The lowest BCUT2D eigenvalue weighted by Gasteiger charge is -2.35. The van der Waals surface area contributed by atoms with E-state index in [2.05, 4.69) is 0 Å². The fourth-order valence-electron chi connectivity index (χ4n) is 3.01. The summed E-state index contributed by atoms with van der Waals surface area (Å²) < 4.78 is 5.58. The number of hydrogen-bond donors (Lipinski definition) is 1. The highest BCUT2D eigenvalue weighted by atomic mass is 16.3. The van der Waals surface area contributed by atoms with Gasteiger partial charge in [-0.2, -0.15) is 0 Å². The van der Waals surface area contributed by atoms with Crippen molar-refractivity contribution >= 4 is 5.91 Å². The van der Waals surface area contributed by atoms with Gasteiger partial charge in [0.05, 0.1) is 5.56 Å². The van der Waals surface area contributed by atoms with Crippen molar-refractivity contribution in [1.82, 2.24) is 4.90 Å². The molecule has 1 aliphatic rings. The number of rotatable bonds is 3. The van der Waals surface area contributed by atoms with E-state index in [4.69, 9.17) is 10.2 Å². The highest BCUT2D eigenvalue weighted by Crippen LogP contribution is 2.27. The van der Waals surface area contributed by atoms with Gasteiger partial charge in [-0.05, 0) is 53.0 Å². The van der Waals surface area contributed by atoms with E-state index in [1.54, 1.807) is 0 Å². The van der Waals surface area contributed by atoms with E-state index in [0.29, 0.717) is 12.6 Å².